The second kappa shape index (κ2) is 9.29. The van der Waals surface area contributed by atoms with Crippen LogP contribution in [0.2, 0.25) is 4.34 Å². The maximum atomic E-state index is 6.06. The van der Waals surface area contributed by atoms with E-state index in [0.717, 1.165) is 16.6 Å². The summed E-state index contributed by atoms with van der Waals surface area (Å²) in [6.45, 7) is 3.26. The predicted molar refractivity (Wildman–Crippen MR) is 91.3 cm³/mol. The van der Waals surface area contributed by atoms with E-state index < -0.39 is 0 Å². The molecule has 0 aromatic carbocycles. The molecule has 2 aromatic rings. The fourth-order valence-electron chi connectivity index (χ4n) is 2.43. The van der Waals surface area contributed by atoms with Crippen molar-refractivity contribution in [3.8, 4) is 0 Å². The third kappa shape index (κ3) is 5.50. The van der Waals surface area contributed by atoms with Gasteiger partial charge in [0, 0.05) is 4.88 Å². The summed E-state index contributed by atoms with van der Waals surface area (Å²) in [4.78, 5) is 1.21. The average molecular weight is 326 g/mol. The van der Waals surface area contributed by atoms with Gasteiger partial charge in [-0.25, -0.2) is 0 Å². The molecule has 2 nitrogen and oxygen atoms in total. The molecule has 2 aromatic heterocycles. The van der Waals surface area contributed by atoms with E-state index in [1.807, 2.05) is 18.2 Å². The van der Waals surface area contributed by atoms with Crippen molar-refractivity contribution in [3.05, 3.63) is 45.5 Å². The molecular formula is C17H24ClNOS. The van der Waals surface area contributed by atoms with Crippen molar-refractivity contribution in [2.24, 2.45) is 0 Å². The smallest absolute Gasteiger partial charge is 0.126 e. The van der Waals surface area contributed by atoms with Crippen LogP contribution in [0, 0.1) is 0 Å². The normalized spacial score (nSPS) is 12.7. The molecule has 1 N–H and O–H groups in total. The lowest BCUT2D eigenvalue weighted by Gasteiger charge is -2.15. The van der Waals surface area contributed by atoms with E-state index in [0.29, 0.717) is 0 Å². The molecule has 2 heterocycles. The zero-order valence-electron chi connectivity index (χ0n) is 12.6. The van der Waals surface area contributed by atoms with E-state index >= 15 is 0 Å². The Bertz CT molecular complexity index is 495. The van der Waals surface area contributed by atoms with Crippen LogP contribution in [-0.4, -0.2) is 6.54 Å². The summed E-state index contributed by atoms with van der Waals surface area (Å²) in [7, 11) is 0. The van der Waals surface area contributed by atoms with Crippen molar-refractivity contribution in [3.63, 3.8) is 0 Å². The summed E-state index contributed by atoms with van der Waals surface area (Å²) in [5.41, 5.74) is 0. The standard InChI is InChI=1S/C17H24ClNOS/c1-2-3-4-5-6-7-12-19-17(14-9-8-13-20-14)15-10-11-16(18)21-15/h8-11,13,17,19H,2-7,12H2,1H3. The number of nitrogens with one attached hydrogen (secondary N) is 1. The molecule has 0 radical (unpaired) electrons. The Balaban J connectivity index is 1.81. The molecule has 0 bridgehead atoms. The summed E-state index contributed by atoms with van der Waals surface area (Å²) < 4.78 is 6.39. The Morgan fingerprint density at radius 1 is 1.14 bits per heavy atom. The lowest BCUT2D eigenvalue weighted by molar-refractivity contribution is 0.443. The van der Waals surface area contributed by atoms with Crippen molar-refractivity contribution in [2.45, 2.75) is 51.5 Å². The molecule has 4 heteroatoms. The van der Waals surface area contributed by atoms with Gasteiger partial charge in [-0.05, 0) is 37.2 Å². The number of halogens is 1. The maximum absolute atomic E-state index is 6.06. The lowest BCUT2D eigenvalue weighted by atomic mass is 10.1. The van der Waals surface area contributed by atoms with Crippen LogP contribution in [0.1, 0.15) is 62.1 Å². The summed E-state index contributed by atoms with van der Waals surface area (Å²) in [5, 5.41) is 3.60. The highest BCUT2D eigenvalue weighted by Gasteiger charge is 2.17. The molecule has 0 saturated heterocycles. The number of furan rings is 1. The molecule has 0 spiro atoms. The summed E-state index contributed by atoms with van der Waals surface area (Å²) >= 11 is 7.67. The van der Waals surface area contributed by atoms with Crippen LogP contribution in [0.15, 0.2) is 34.9 Å². The van der Waals surface area contributed by atoms with E-state index in [-0.39, 0.29) is 6.04 Å². The second-order valence-corrected chi connectivity index (χ2v) is 7.06. The van der Waals surface area contributed by atoms with E-state index in [1.54, 1.807) is 17.6 Å². The summed E-state index contributed by atoms with van der Waals surface area (Å²) in [6.07, 6.45) is 9.59. The van der Waals surface area contributed by atoms with Gasteiger partial charge in [0.05, 0.1) is 10.6 Å². The highest BCUT2D eigenvalue weighted by molar-refractivity contribution is 7.16. The van der Waals surface area contributed by atoms with Gasteiger partial charge < -0.3 is 9.73 Å². The first-order chi connectivity index (χ1) is 10.3. The van der Waals surface area contributed by atoms with E-state index in [9.17, 15) is 0 Å². The Kier molecular flexibility index (Phi) is 7.34. The van der Waals surface area contributed by atoms with E-state index in [4.69, 9.17) is 16.0 Å². The second-order valence-electron chi connectivity index (χ2n) is 5.31. The molecule has 1 atom stereocenters. The molecular weight excluding hydrogens is 302 g/mol. The quantitative estimate of drug-likeness (QED) is 0.539. The number of unbranched alkanes of at least 4 members (excludes halogenated alkanes) is 5. The predicted octanol–water partition coefficient (Wildman–Crippen LogP) is 6.03. The molecule has 116 valence electrons. The Morgan fingerprint density at radius 2 is 1.95 bits per heavy atom. The SMILES string of the molecule is CCCCCCCCNC(c1ccco1)c1ccc(Cl)s1. The monoisotopic (exact) mass is 325 g/mol. The molecule has 1 unspecified atom stereocenters. The van der Waals surface area contributed by atoms with Crippen molar-refractivity contribution in [1.82, 2.24) is 5.32 Å². The van der Waals surface area contributed by atoms with Crippen LogP contribution in [-0.2, 0) is 0 Å². The molecule has 0 aliphatic carbocycles. The Labute approximate surface area is 136 Å². The van der Waals surface area contributed by atoms with Crippen LogP contribution in [0.4, 0.5) is 0 Å². The molecule has 2 rings (SSSR count). The third-order valence-electron chi connectivity index (χ3n) is 3.58. The van der Waals surface area contributed by atoms with Gasteiger partial charge in [-0.15, -0.1) is 11.3 Å². The number of rotatable bonds is 10. The first kappa shape index (κ1) is 16.6. The van der Waals surface area contributed by atoms with Gasteiger partial charge in [0.1, 0.15) is 11.8 Å². The third-order valence-corrected chi connectivity index (χ3v) is 4.88. The zero-order valence-corrected chi connectivity index (χ0v) is 14.2. The lowest BCUT2D eigenvalue weighted by Crippen LogP contribution is -2.22. The van der Waals surface area contributed by atoms with Crippen LogP contribution < -0.4 is 5.32 Å². The number of thiophene rings is 1. The van der Waals surface area contributed by atoms with Gasteiger partial charge in [0.15, 0.2) is 0 Å². The minimum absolute atomic E-state index is 0.119. The zero-order chi connectivity index (χ0) is 14.9. The highest BCUT2D eigenvalue weighted by Crippen LogP contribution is 2.31. The van der Waals surface area contributed by atoms with Gasteiger partial charge in [0.25, 0.3) is 0 Å². The molecule has 0 fully saturated rings. The molecule has 0 saturated carbocycles. The van der Waals surface area contributed by atoms with Crippen LogP contribution in [0.5, 0.6) is 0 Å². The minimum Gasteiger partial charge on any atom is -0.467 e. The van der Waals surface area contributed by atoms with Crippen molar-refractivity contribution in [2.75, 3.05) is 6.54 Å². The van der Waals surface area contributed by atoms with Gasteiger partial charge >= 0.3 is 0 Å². The van der Waals surface area contributed by atoms with Crippen molar-refractivity contribution in [1.29, 1.82) is 0 Å². The molecule has 0 aliphatic rings. The topological polar surface area (TPSA) is 25.2 Å². The Hall–Kier alpha value is -0.770. The average Bonchev–Trinajstić information content (AvgIpc) is 3.14. The minimum atomic E-state index is 0.119. The fraction of sp³-hybridized carbons (Fsp3) is 0.529. The van der Waals surface area contributed by atoms with E-state index in [1.165, 1.54) is 43.4 Å². The molecule has 0 aliphatic heterocycles. The summed E-state index contributed by atoms with van der Waals surface area (Å²) in [5.74, 6) is 0.958. The molecule has 0 amide bonds. The van der Waals surface area contributed by atoms with Gasteiger partial charge in [-0.3, -0.25) is 0 Å². The molecule has 21 heavy (non-hydrogen) atoms. The fourth-order valence-corrected chi connectivity index (χ4v) is 3.58. The van der Waals surface area contributed by atoms with Gasteiger partial charge in [-0.1, -0.05) is 50.6 Å². The summed E-state index contributed by atoms with van der Waals surface area (Å²) in [6, 6.07) is 8.10. The first-order valence-electron chi connectivity index (χ1n) is 7.83. The van der Waals surface area contributed by atoms with Gasteiger partial charge in [0.2, 0.25) is 0 Å². The number of hydrogen-bond acceptors (Lipinski definition) is 3. The van der Waals surface area contributed by atoms with Gasteiger partial charge in [-0.2, -0.15) is 0 Å². The maximum Gasteiger partial charge on any atom is 0.126 e. The van der Waals surface area contributed by atoms with Crippen LogP contribution in [0.25, 0.3) is 0 Å². The van der Waals surface area contributed by atoms with Crippen molar-refractivity contribution >= 4 is 22.9 Å². The number of hydrogen-bond donors (Lipinski definition) is 1. The van der Waals surface area contributed by atoms with Crippen LogP contribution >= 0.6 is 22.9 Å². The largest absolute Gasteiger partial charge is 0.467 e. The van der Waals surface area contributed by atoms with E-state index in [2.05, 4.69) is 18.3 Å². The highest BCUT2D eigenvalue weighted by atomic mass is 35.5. The van der Waals surface area contributed by atoms with Crippen LogP contribution in [0.3, 0.4) is 0 Å². The Morgan fingerprint density at radius 3 is 2.62 bits per heavy atom. The van der Waals surface area contributed by atoms with Crippen molar-refractivity contribution < 1.29 is 4.42 Å². The first-order valence-corrected chi connectivity index (χ1v) is 9.02.